The molecule has 0 aliphatic carbocycles. The van der Waals surface area contributed by atoms with E-state index in [-0.39, 0.29) is 30.6 Å². The van der Waals surface area contributed by atoms with Gasteiger partial charge in [-0.3, -0.25) is 9.59 Å². The maximum atomic E-state index is 13.0. The highest BCUT2D eigenvalue weighted by Crippen LogP contribution is 2.09. The van der Waals surface area contributed by atoms with Crippen LogP contribution in [0.1, 0.15) is 28.8 Å². The second-order valence-electron chi connectivity index (χ2n) is 5.95. The van der Waals surface area contributed by atoms with Crippen molar-refractivity contribution < 1.29 is 18.4 Å². The fourth-order valence-electron chi connectivity index (χ4n) is 2.46. The normalized spacial score (nSPS) is 10.1. The molecule has 4 nitrogen and oxygen atoms in total. The lowest BCUT2D eigenvalue weighted by molar-refractivity contribution is -0.131. The molecule has 0 fully saturated rings. The molecule has 2 aromatic carbocycles. The summed E-state index contributed by atoms with van der Waals surface area (Å²) >= 11 is 0. The number of rotatable bonds is 8. The van der Waals surface area contributed by atoms with Crippen LogP contribution in [0.5, 0.6) is 0 Å². The zero-order valence-electron chi connectivity index (χ0n) is 14.8. The second kappa shape index (κ2) is 10.1. The Labute approximate surface area is 157 Å². The number of nitrogens with one attached hydrogen (secondary N) is 1. The van der Waals surface area contributed by atoms with Crippen molar-refractivity contribution in [2.45, 2.75) is 19.4 Å². The van der Waals surface area contributed by atoms with E-state index in [4.69, 9.17) is 6.42 Å². The van der Waals surface area contributed by atoms with Gasteiger partial charge in [-0.2, -0.15) is 0 Å². The molecule has 140 valence electrons. The zero-order chi connectivity index (χ0) is 19.6. The van der Waals surface area contributed by atoms with Gasteiger partial charge in [-0.1, -0.05) is 18.1 Å². The summed E-state index contributed by atoms with van der Waals surface area (Å²) < 4.78 is 25.8. The Morgan fingerprint density at radius 2 is 1.59 bits per heavy atom. The van der Waals surface area contributed by atoms with Gasteiger partial charge in [0, 0.05) is 25.1 Å². The summed E-state index contributed by atoms with van der Waals surface area (Å²) in [5.74, 6) is 1.22. The standard InChI is InChI=1S/C21H20F2N2O2/c1-2-14-25(15-16-5-9-18(22)10-6-16)20(26)4-3-13-24-21(27)17-7-11-19(23)12-8-17/h1,5-12H,3-4,13-15H2,(H,24,27). The van der Waals surface area contributed by atoms with Gasteiger partial charge in [-0.05, 0) is 48.4 Å². The Balaban J connectivity index is 1.79. The molecule has 0 unspecified atom stereocenters. The lowest BCUT2D eigenvalue weighted by atomic mass is 10.2. The molecule has 0 aromatic heterocycles. The molecule has 0 aliphatic rings. The molecule has 6 heteroatoms. The highest BCUT2D eigenvalue weighted by Gasteiger charge is 2.13. The first-order valence-electron chi connectivity index (χ1n) is 8.49. The van der Waals surface area contributed by atoms with E-state index in [1.165, 1.54) is 41.3 Å². The van der Waals surface area contributed by atoms with E-state index in [0.717, 1.165) is 5.56 Å². The smallest absolute Gasteiger partial charge is 0.251 e. The number of carbonyl (C=O) groups is 2. The van der Waals surface area contributed by atoms with Gasteiger partial charge in [-0.25, -0.2) is 8.78 Å². The summed E-state index contributed by atoms with van der Waals surface area (Å²) in [6.07, 6.45) is 5.98. The maximum absolute atomic E-state index is 13.0. The third-order valence-electron chi connectivity index (χ3n) is 3.88. The van der Waals surface area contributed by atoms with Crippen LogP contribution < -0.4 is 5.32 Å². The highest BCUT2D eigenvalue weighted by atomic mass is 19.1. The lowest BCUT2D eigenvalue weighted by Crippen LogP contribution is -2.32. The Hall–Kier alpha value is -3.20. The predicted molar refractivity (Wildman–Crippen MR) is 98.6 cm³/mol. The average molecular weight is 370 g/mol. The highest BCUT2D eigenvalue weighted by molar-refractivity contribution is 5.94. The van der Waals surface area contributed by atoms with Gasteiger partial charge in [0.25, 0.3) is 5.91 Å². The first-order valence-corrected chi connectivity index (χ1v) is 8.49. The monoisotopic (exact) mass is 370 g/mol. The third kappa shape index (κ3) is 6.55. The molecule has 0 saturated carbocycles. The molecule has 2 aromatic rings. The summed E-state index contributed by atoms with van der Waals surface area (Å²) in [5.41, 5.74) is 1.14. The van der Waals surface area contributed by atoms with E-state index in [2.05, 4.69) is 11.2 Å². The van der Waals surface area contributed by atoms with Crippen LogP contribution in [-0.4, -0.2) is 29.8 Å². The Morgan fingerprint density at radius 1 is 1.00 bits per heavy atom. The molecule has 0 bridgehead atoms. The van der Waals surface area contributed by atoms with E-state index < -0.39 is 5.82 Å². The van der Waals surface area contributed by atoms with Crippen molar-refractivity contribution in [1.29, 1.82) is 0 Å². The molecule has 0 saturated heterocycles. The Morgan fingerprint density at radius 3 is 2.19 bits per heavy atom. The van der Waals surface area contributed by atoms with E-state index in [1.54, 1.807) is 12.1 Å². The van der Waals surface area contributed by atoms with Crippen LogP contribution in [0.4, 0.5) is 8.78 Å². The van der Waals surface area contributed by atoms with Crippen molar-refractivity contribution in [3.8, 4) is 12.3 Å². The number of amides is 2. The van der Waals surface area contributed by atoms with Crippen LogP contribution >= 0.6 is 0 Å². The zero-order valence-corrected chi connectivity index (χ0v) is 14.8. The molecule has 1 N–H and O–H groups in total. The van der Waals surface area contributed by atoms with Gasteiger partial charge >= 0.3 is 0 Å². The third-order valence-corrected chi connectivity index (χ3v) is 3.88. The van der Waals surface area contributed by atoms with Gasteiger partial charge in [-0.15, -0.1) is 6.42 Å². The lowest BCUT2D eigenvalue weighted by Gasteiger charge is -2.20. The quantitative estimate of drug-likeness (QED) is 0.573. The summed E-state index contributed by atoms with van der Waals surface area (Å²) in [6, 6.07) is 11.1. The number of carbonyl (C=O) groups excluding carboxylic acids is 2. The summed E-state index contributed by atoms with van der Waals surface area (Å²) in [7, 11) is 0. The number of hydrogen-bond acceptors (Lipinski definition) is 2. The molecule has 0 aliphatic heterocycles. The first kappa shape index (κ1) is 20.1. The molecule has 0 heterocycles. The first-order chi connectivity index (χ1) is 13.0. The molecule has 0 atom stereocenters. The summed E-state index contributed by atoms with van der Waals surface area (Å²) in [4.78, 5) is 25.8. The van der Waals surface area contributed by atoms with Gasteiger partial charge < -0.3 is 10.2 Å². The number of hydrogen-bond donors (Lipinski definition) is 1. The minimum Gasteiger partial charge on any atom is -0.352 e. The molecule has 0 spiro atoms. The van der Waals surface area contributed by atoms with E-state index in [9.17, 15) is 18.4 Å². The van der Waals surface area contributed by atoms with Crippen molar-refractivity contribution in [2.24, 2.45) is 0 Å². The molecular weight excluding hydrogens is 350 g/mol. The van der Waals surface area contributed by atoms with Crippen molar-refractivity contribution in [1.82, 2.24) is 10.2 Å². The van der Waals surface area contributed by atoms with Crippen LogP contribution in [0.15, 0.2) is 48.5 Å². The second-order valence-corrected chi connectivity index (χ2v) is 5.95. The van der Waals surface area contributed by atoms with Crippen LogP contribution in [0, 0.1) is 24.0 Å². The Kier molecular flexibility index (Phi) is 7.50. The largest absolute Gasteiger partial charge is 0.352 e. The summed E-state index contributed by atoms with van der Waals surface area (Å²) in [6.45, 7) is 0.756. The molecule has 0 radical (unpaired) electrons. The minimum absolute atomic E-state index is 0.145. The molecule has 2 rings (SSSR count). The predicted octanol–water partition coefficient (Wildman–Crippen LogP) is 3.14. The maximum Gasteiger partial charge on any atom is 0.251 e. The van der Waals surface area contributed by atoms with E-state index in [1.807, 2.05) is 0 Å². The van der Waals surface area contributed by atoms with E-state index in [0.29, 0.717) is 25.1 Å². The van der Waals surface area contributed by atoms with E-state index >= 15 is 0 Å². The van der Waals surface area contributed by atoms with Crippen LogP contribution in [0.2, 0.25) is 0 Å². The fourth-order valence-corrected chi connectivity index (χ4v) is 2.46. The number of halogens is 2. The van der Waals surface area contributed by atoms with Gasteiger partial charge in [0.05, 0.1) is 6.54 Å². The van der Waals surface area contributed by atoms with Crippen molar-refractivity contribution >= 4 is 11.8 Å². The average Bonchev–Trinajstić information content (AvgIpc) is 2.66. The van der Waals surface area contributed by atoms with Crippen LogP contribution in [-0.2, 0) is 11.3 Å². The Bertz CT molecular complexity index is 812. The van der Waals surface area contributed by atoms with Crippen molar-refractivity contribution in [2.75, 3.05) is 13.1 Å². The molecule has 27 heavy (non-hydrogen) atoms. The molecular formula is C21H20F2N2O2. The van der Waals surface area contributed by atoms with Crippen molar-refractivity contribution in [3.63, 3.8) is 0 Å². The number of terminal acetylenes is 1. The SMILES string of the molecule is C#CCN(Cc1ccc(F)cc1)C(=O)CCCNC(=O)c1ccc(F)cc1. The van der Waals surface area contributed by atoms with Crippen molar-refractivity contribution in [3.05, 3.63) is 71.3 Å². The fraction of sp³-hybridized carbons (Fsp3) is 0.238. The topological polar surface area (TPSA) is 49.4 Å². The minimum atomic E-state index is -0.410. The van der Waals surface area contributed by atoms with Gasteiger partial charge in [0.2, 0.25) is 5.91 Å². The van der Waals surface area contributed by atoms with Gasteiger partial charge in [0.1, 0.15) is 11.6 Å². The number of nitrogens with zero attached hydrogens (tertiary/aromatic N) is 1. The molecule has 2 amide bonds. The van der Waals surface area contributed by atoms with Crippen LogP contribution in [0.3, 0.4) is 0 Å². The van der Waals surface area contributed by atoms with Gasteiger partial charge in [0.15, 0.2) is 0 Å². The van der Waals surface area contributed by atoms with Crippen LogP contribution in [0.25, 0.3) is 0 Å². The summed E-state index contributed by atoms with van der Waals surface area (Å²) in [5, 5.41) is 2.69. The number of benzene rings is 2.